The molecule has 33 heavy (non-hydrogen) atoms. The number of hydrogen-bond acceptors (Lipinski definition) is 6. The lowest BCUT2D eigenvalue weighted by atomic mass is 10.0. The quantitative estimate of drug-likeness (QED) is 0.425. The second kappa shape index (κ2) is 8.42. The Labute approximate surface area is 191 Å². The van der Waals surface area contributed by atoms with Crippen molar-refractivity contribution in [3.05, 3.63) is 71.9 Å². The van der Waals surface area contributed by atoms with E-state index in [4.69, 9.17) is 4.74 Å². The van der Waals surface area contributed by atoms with Crippen molar-refractivity contribution in [1.82, 2.24) is 19.9 Å². The average molecular weight is 464 g/mol. The summed E-state index contributed by atoms with van der Waals surface area (Å²) in [5.74, 6) is 4.80. The highest BCUT2D eigenvalue weighted by Crippen LogP contribution is 2.33. The van der Waals surface area contributed by atoms with Crippen LogP contribution in [0.25, 0.3) is 21.9 Å². The number of ether oxygens (including phenoxy) is 1. The predicted octanol–water partition coefficient (Wildman–Crippen LogP) is 3.59. The van der Waals surface area contributed by atoms with Crippen LogP contribution in [0.1, 0.15) is 11.1 Å². The van der Waals surface area contributed by atoms with Crippen molar-refractivity contribution in [2.75, 3.05) is 19.0 Å². The van der Waals surface area contributed by atoms with E-state index in [-0.39, 0.29) is 12.4 Å². The van der Waals surface area contributed by atoms with Crippen LogP contribution in [-0.4, -0.2) is 38.9 Å². The van der Waals surface area contributed by atoms with Crippen molar-refractivity contribution in [3.8, 4) is 16.9 Å². The first-order valence-corrected chi connectivity index (χ1v) is 12.1. The summed E-state index contributed by atoms with van der Waals surface area (Å²) in [7, 11) is -0.907. The topological polar surface area (TPSA) is 89.0 Å². The lowest BCUT2D eigenvalue weighted by Crippen LogP contribution is -2.18. The Bertz CT molecular complexity index is 1460. The zero-order chi connectivity index (χ0) is 23.0. The van der Waals surface area contributed by atoms with Gasteiger partial charge in [0.25, 0.3) is 0 Å². The average Bonchev–Trinajstić information content (AvgIpc) is 3.32. The molecule has 9 heteroatoms. The molecule has 1 aliphatic heterocycles. The number of nitrogens with zero attached hydrogens (tertiary/aromatic N) is 3. The number of rotatable bonds is 6. The lowest BCUT2D eigenvalue weighted by Gasteiger charge is -2.14. The molecule has 0 amide bonds. The molecule has 0 spiro atoms. The minimum absolute atomic E-state index is 0.267. The minimum Gasteiger partial charge on any atom is -0.493 e. The smallest absolute Gasteiger partial charge is 0.135 e. The van der Waals surface area contributed by atoms with Gasteiger partial charge in [-0.2, -0.15) is 10.2 Å². The molecule has 0 saturated carbocycles. The Morgan fingerprint density at radius 1 is 1.09 bits per heavy atom. The number of hydrogen-bond donors (Lipinski definition) is 2. The van der Waals surface area contributed by atoms with Gasteiger partial charge >= 0.3 is 0 Å². The van der Waals surface area contributed by atoms with E-state index < -0.39 is 9.71 Å². The molecule has 168 valence electrons. The SMILES string of the molecule is C=S(=O)(NC)c1ccc(-c2cnc(NCc3c(F)ccc4c3CCO4)c3cnncc23)cc1. The Balaban J connectivity index is 1.49. The van der Waals surface area contributed by atoms with Gasteiger partial charge in [-0.15, -0.1) is 0 Å². The normalized spacial score (nSPS) is 14.5. The number of halogens is 1. The third-order valence-electron chi connectivity index (χ3n) is 5.85. The van der Waals surface area contributed by atoms with Gasteiger partial charge in [-0.25, -0.2) is 18.3 Å². The largest absolute Gasteiger partial charge is 0.493 e. The van der Waals surface area contributed by atoms with Crippen LogP contribution in [-0.2, 0) is 22.7 Å². The van der Waals surface area contributed by atoms with E-state index in [1.165, 1.54) is 6.07 Å². The first-order chi connectivity index (χ1) is 16.0. The highest BCUT2D eigenvalue weighted by molar-refractivity contribution is 7.98. The molecule has 0 radical (unpaired) electrons. The summed E-state index contributed by atoms with van der Waals surface area (Å²) in [5, 5.41) is 12.9. The van der Waals surface area contributed by atoms with Crippen LogP contribution in [0.4, 0.5) is 10.2 Å². The maximum atomic E-state index is 14.5. The van der Waals surface area contributed by atoms with E-state index in [9.17, 15) is 8.60 Å². The molecule has 1 atom stereocenters. The number of fused-ring (bicyclic) bond motifs is 2. The van der Waals surface area contributed by atoms with Crippen molar-refractivity contribution in [2.45, 2.75) is 17.9 Å². The summed E-state index contributed by atoms with van der Waals surface area (Å²) < 4.78 is 35.3. The van der Waals surface area contributed by atoms with Gasteiger partial charge in [0.1, 0.15) is 17.4 Å². The maximum Gasteiger partial charge on any atom is 0.135 e. The Kier molecular flexibility index (Phi) is 5.43. The number of pyridine rings is 1. The Morgan fingerprint density at radius 2 is 1.85 bits per heavy atom. The van der Waals surface area contributed by atoms with Gasteiger partial charge in [-0.3, -0.25) is 0 Å². The van der Waals surface area contributed by atoms with E-state index in [0.717, 1.165) is 33.2 Å². The molecule has 0 saturated heterocycles. The molecule has 0 fully saturated rings. The predicted molar refractivity (Wildman–Crippen MR) is 128 cm³/mol. The van der Waals surface area contributed by atoms with Crippen molar-refractivity contribution in [2.24, 2.45) is 0 Å². The van der Waals surface area contributed by atoms with Crippen molar-refractivity contribution >= 4 is 32.2 Å². The molecule has 5 rings (SSSR count). The molecule has 4 aromatic rings. The van der Waals surface area contributed by atoms with Gasteiger partial charge in [0.2, 0.25) is 0 Å². The number of aromatic nitrogens is 3. The van der Waals surface area contributed by atoms with Crippen LogP contribution < -0.4 is 14.8 Å². The highest BCUT2D eigenvalue weighted by atomic mass is 32.2. The van der Waals surface area contributed by atoms with Crippen molar-refractivity contribution < 1.29 is 13.3 Å². The van der Waals surface area contributed by atoms with Gasteiger partial charge in [0, 0.05) is 51.5 Å². The first-order valence-electron chi connectivity index (χ1n) is 10.4. The Morgan fingerprint density at radius 3 is 2.61 bits per heavy atom. The molecular weight excluding hydrogens is 441 g/mol. The van der Waals surface area contributed by atoms with Crippen molar-refractivity contribution in [3.63, 3.8) is 0 Å². The molecule has 1 aliphatic rings. The van der Waals surface area contributed by atoms with Gasteiger partial charge in [-0.1, -0.05) is 12.1 Å². The van der Waals surface area contributed by atoms with Gasteiger partial charge in [-0.05, 0) is 42.7 Å². The second-order valence-electron chi connectivity index (χ2n) is 7.70. The monoisotopic (exact) mass is 463 g/mol. The lowest BCUT2D eigenvalue weighted by molar-refractivity contribution is 0.356. The highest BCUT2D eigenvalue weighted by Gasteiger charge is 2.20. The van der Waals surface area contributed by atoms with E-state index >= 15 is 0 Å². The van der Waals surface area contributed by atoms with E-state index in [2.05, 4.69) is 31.1 Å². The molecule has 0 bridgehead atoms. The fraction of sp³-hybridized carbons (Fsp3) is 0.167. The second-order valence-corrected chi connectivity index (χ2v) is 9.93. The van der Waals surface area contributed by atoms with Crippen molar-refractivity contribution in [1.29, 1.82) is 0 Å². The number of benzene rings is 2. The molecule has 3 heterocycles. The maximum absolute atomic E-state index is 14.5. The molecule has 1 unspecified atom stereocenters. The van der Waals surface area contributed by atoms with Crippen LogP contribution in [0.15, 0.2) is 59.9 Å². The summed E-state index contributed by atoms with van der Waals surface area (Å²) in [6.45, 7) is 0.839. The minimum atomic E-state index is -2.53. The molecule has 2 aromatic carbocycles. The van der Waals surface area contributed by atoms with Gasteiger partial charge in [0.05, 0.1) is 28.7 Å². The fourth-order valence-electron chi connectivity index (χ4n) is 4.01. The summed E-state index contributed by atoms with van der Waals surface area (Å²) in [4.78, 5) is 5.21. The van der Waals surface area contributed by atoms with Gasteiger partial charge < -0.3 is 10.1 Å². The summed E-state index contributed by atoms with van der Waals surface area (Å²) in [5.41, 5.74) is 3.23. The Hall–Kier alpha value is -3.56. The zero-order valence-electron chi connectivity index (χ0n) is 18.0. The summed E-state index contributed by atoms with van der Waals surface area (Å²) >= 11 is 0. The molecule has 0 aliphatic carbocycles. The third-order valence-corrected chi connectivity index (χ3v) is 7.54. The van der Waals surface area contributed by atoms with E-state index in [0.29, 0.717) is 29.3 Å². The van der Waals surface area contributed by atoms with Crippen LogP contribution >= 0.6 is 0 Å². The van der Waals surface area contributed by atoms with Crippen LogP contribution in [0.2, 0.25) is 0 Å². The van der Waals surface area contributed by atoms with Crippen LogP contribution in [0.3, 0.4) is 0 Å². The number of anilines is 1. The van der Waals surface area contributed by atoms with E-state index in [1.54, 1.807) is 43.8 Å². The zero-order valence-corrected chi connectivity index (χ0v) is 18.8. The first kappa shape index (κ1) is 21.3. The number of nitrogens with one attached hydrogen (secondary N) is 2. The molecular formula is C24H22FN5O2S. The summed E-state index contributed by atoms with van der Waals surface area (Å²) in [6.07, 6.45) is 5.75. The summed E-state index contributed by atoms with van der Waals surface area (Å²) in [6, 6.07) is 10.4. The molecule has 7 nitrogen and oxygen atoms in total. The van der Waals surface area contributed by atoms with E-state index in [1.807, 2.05) is 12.1 Å². The van der Waals surface area contributed by atoms with Gasteiger partial charge in [0.15, 0.2) is 0 Å². The standard InChI is InChI=1S/C24H22FN5O2S/c1-26-33(2,31)16-5-3-15(4-6-16)18-11-27-24(21-14-30-29-13-19(18)21)28-12-20-17-9-10-32-23(17)8-7-22(20)25/h3-8,11,13-14H,2,9-10,12H2,1H3,(H,26,31)(H,27,28). The molecule has 2 N–H and O–H groups in total. The van der Waals surface area contributed by atoms with Crippen LogP contribution in [0.5, 0.6) is 5.75 Å². The fourth-order valence-corrected chi connectivity index (χ4v) is 4.83. The van der Waals surface area contributed by atoms with Crippen LogP contribution in [0, 0.1) is 5.82 Å². The molecule has 2 aromatic heterocycles. The third kappa shape index (κ3) is 3.90.